The Bertz CT molecular complexity index is 304. The molecule has 0 aromatic heterocycles. The van der Waals surface area contributed by atoms with Gasteiger partial charge in [0, 0.05) is 12.0 Å². The highest BCUT2D eigenvalue weighted by Crippen LogP contribution is 2.53. The van der Waals surface area contributed by atoms with E-state index in [9.17, 15) is 5.11 Å². The normalized spacial score (nSPS) is 44.5. The molecule has 0 saturated heterocycles. The number of nitrogens with two attached hydrogens (primary N) is 1. The summed E-state index contributed by atoms with van der Waals surface area (Å²) in [5.41, 5.74) is 5.68. The molecule has 0 radical (unpaired) electrons. The Morgan fingerprint density at radius 3 is 2.42 bits per heavy atom. The molecule has 112 valence electrons. The Hall–Kier alpha value is -0.0800. The van der Waals surface area contributed by atoms with Crippen LogP contribution in [0.25, 0.3) is 0 Å². The Morgan fingerprint density at radius 1 is 1.16 bits per heavy atom. The van der Waals surface area contributed by atoms with Crippen molar-refractivity contribution in [1.82, 2.24) is 0 Å². The molecule has 0 amide bonds. The molecule has 2 aliphatic carbocycles. The van der Waals surface area contributed by atoms with Gasteiger partial charge in [0.25, 0.3) is 0 Å². The van der Waals surface area contributed by atoms with Gasteiger partial charge in [0.1, 0.15) is 0 Å². The van der Waals surface area contributed by atoms with Crippen LogP contribution >= 0.6 is 0 Å². The van der Waals surface area contributed by atoms with E-state index in [2.05, 4.69) is 20.8 Å². The van der Waals surface area contributed by atoms with E-state index in [0.29, 0.717) is 18.4 Å². The smallest absolute Gasteiger partial charge is 0.0718 e. The van der Waals surface area contributed by atoms with Crippen molar-refractivity contribution in [1.29, 1.82) is 0 Å². The van der Waals surface area contributed by atoms with Gasteiger partial charge in [0.2, 0.25) is 0 Å². The van der Waals surface area contributed by atoms with Crippen molar-refractivity contribution in [3.63, 3.8) is 0 Å². The van der Waals surface area contributed by atoms with E-state index >= 15 is 0 Å². The Labute approximate surface area is 119 Å². The van der Waals surface area contributed by atoms with E-state index in [1.54, 1.807) is 0 Å². The average molecular weight is 267 g/mol. The lowest BCUT2D eigenvalue weighted by molar-refractivity contribution is -0.142. The summed E-state index contributed by atoms with van der Waals surface area (Å²) in [5.74, 6) is 2.09. The van der Waals surface area contributed by atoms with Crippen LogP contribution in [0.15, 0.2) is 0 Å². The van der Waals surface area contributed by atoms with Gasteiger partial charge in [-0.1, -0.05) is 40.0 Å². The van der Waals surface area contributed by atoms with E-state index in [1.165, 1.54) is 25.7 Å². The summed E-state index contributed by atoms with van der Waals surface area (Å²) in [5, 5.41) is 11.4. The minimum Gasteiger partial charge on any atom is -0.389 e. The number of rotatable bonds is 3. The van der Waals surface area contributed by atoms with Crippen molar-refractivity contribution in [3.8, 4) is 0 Å². The van der Waals surface area contributed by atoms with Gasteiger partial charge >= 0.3 is 0 Å². The maximum Gasteiger partial charge on any atom is 0.0718 e. The summed E-state index contributed by atoms with van der Waals surface area (Å²) in [6.07, 6.45) is 9.23. The molecule has 19 heavy (non-hydrogen) atoms. The first-order chi connectivity index (χ1) is 8.92. The zero-order valence-electron chi connectivity index (χ0n) is 13.1. The molecule has 2 aliphatic rings. The molecule has 0 aromatic rings. The zero-order chi connectivity index (χ0) is 14.1. The van der Waals surface area contributed by atoms with Crippen LogP contribution in [0.4, 0.5) is 0 Å². The summed E-state index contributed by atoms with van der Waals surface area (Å²) < 4.78 is 0. The summed E-state index contributed by atoms with van der Waals surface area (Å²) >= 11 is 0. The predicted molar refractivity (Wildman–Crippen MR) is 80.9 cm³/mol. The molecule has 0 aliphatic heterocycles. The van der Waals surface area contributed by atoms with E-state index in [4.69, 9.17) is 5.73 Å². The number of hydrogen-bond acceptors (Lipinski definition) is 2. The fraction of sp³-hybridized carbons (Fsp3) is 1.00. The third-order valence-electron chi connectivity index (χ3n) is 6.18. The second kappa shape index (κ2) is 5.73. The van der Waals surface area contributed by atoms with Gasteiger partial charge in [-0.05, 0) is 49.9 Å². The SMILES string of the molecule is CC1CCCC(CN)(C2(O)CCCC(C(C)C)C2)C1. The third-order valence-corrected chi connectivity index (χ3v) is 6.18. The monoisotopic (exact) mass is 267 g/mol. The molecule has 0 aromatic carbocycles. The molecular weight excluding hydrogens is 234 g/mol. The lowest BCUT2D eigenvalue weighted by atomic mass is 9.55. The topological polar surface area (TPSA) is 46.2 Å². The fourth-order valence-corrected chi connectivity index (χ4v) is 4.80. The van der Waals surface area contributed by atoms with Gasteiger partial charge in [0.05, 0.1) is 5.60 Å². The summed E-state index contributed by atoms with van der Waals surface area (Å²) in [7, 11) is 0. The van der Waals surface area contributed by atoms with Crippen LogP contribution in [-0.4, -0.2) is 17.3 Å². The maximum atomic E-state index is 11.4. The van der Waals surface area contributed by atoms with Crippen LogP contribution in [0.5, 0.6) is 0 Å². The molecule has 0 bridgehead atoms. The largest absolute Gasteiger partial charge is 0.389 e. The van der Waals surface area contributed by atoms with Crippen molar-refractivity contribution in [2.24, 2.45) is 28.9 Å². The Morgan fingerprint density at radius 2 is 1.84 bits per heavy atom. The predicted octanol–water partition coefficient (Wildman–Crippen LogP) is 3.72. The van der Waals surface area contributed by atoms with E-state index in [1.807, 2.05) is 0 Å². The van der Waals surface area contributed by atoms with Crippen LogP contribution in [0, 0.1) is 23.2 Å². The van der Waals surface area contributed by atoms with Gasteiger partial charge in [-0.2, -0.15) is 0 Å². The average Bonchev–Trinajstić information content (AvgIpc) is 2.38. The third kappa shape index (κ3) is 2.85. The first-order valence-corrected chi connectivity index (χ1v) is 8.35. The standard InChI is InChI=1S/C17H33NO/c1-13(2)15-7-5-9-17(19,11-15)16(12-18)8-4-6-14(3)10-16/h13-15,19H,4-12,18H2,1-3H3. The van der Waals surface area contributed by atoms with Crippen LogP contribution in [-0.2, 0) is 0 Å². The molecule has 3 N–H and O–H groups in total. The van der Waals surface area contributed by atoms with E-state index in [-0.39, 0.29) is 5.41 Å². The Kier molecular flexibility index (Phi) is 4.62. The Balaban J connectivity index is 2.20. The summed E-state index contributed by atoms with van der Waals surface area (Å²) in [6.45, 7) is 7.60. The molecule has 4 atom stereocenters. The van der Waals surface area contributed by atoms with Crippen molar-refractivity contribution in [2.45, 2.75) is 77.7 Å². The molecule has 2 rings (SSSR count). The molecular formula is C17H33NO. The highest BCUT2D eigenvalue weighted by molar-refractivity contribution is 5.04. The van der Waals surface area contributed by atoms with Crippen LogP contribution in [0.2, 0.25) is 0 Å². The van der Waals surface area contributed by atoms with Crippen molar-refractivity contribution >= 4 is 0 Å². The number of aliphatic hydroxyl groups is 1. The fourth-order valence-electron chi connectivity index (χ4n) is 4.80. The van der Waals surface area contributed by atoms with E-state index < -0.39 is 5.60 Å². The van der Waals surface area contributed by atoms with Crippen molar-refractivity contribution < 1.29 is 5.11 Å². The summed E-state index contributed by atoms with van der Waals surface area (Å²) in [4.78, 5) is 0. The minimum absolute atomic E-state index is 0.00176. The first-order valence-electron chi connectivity index (χ1n) is 8.35. The van der Waals surface area contributed by atoms with Gasteiger partial charge in [-0.15, -0.1) is 0 Å². The molecule has 4 unspecified atom stereocenters. The lowest BCUT2D eigenvalue weighted by Gasteiger charge is -2.54. The van der Waals surface area contributed by atoms with Crippen LogP contribution in [0.3, 0.4) is 0 Å². The minimum atomic E-state index is -0.496. The summed E-state index contributed by atoms with van der Waals surface area (Å²) in [6, 6.07) is 0. The van der Waals surface area contributed by atoms with Gasteiger partial charge in [0.15, 0.2) is 0 Å². The molecule has 0 spiro atoms. The second-order valence-corrected chi connectivity index (χ2v) is 7.82. The highest BCUT2D eigenvalue weighted by atomic mass is 16.3. The van der Waals surface area contributed by atoms with Crippen LogP contribution in [0.1, 0.15) is 72.1 Å². The molecule has 2 heteroatoms. The van der Waals surface area contributed by atoms with Crippen LogP contribution < -0.4 is 5.73 Å². The lowest BCUT2D eigenvalue weighted by Crippen LogP contribution is -2.57. The quantitative estimate of drug-likeness (QED) is 0.818. The van der Waals surface area contributed by atoms with Gasteiger partial charge in [-0.25, -0.2) is 0 Å². The number of hydrogen-bond donors (Lipinski definition) is 2. The maximum absolute atomic E-state index is 11.4. The van der Waals surface area contributed by atoms with Crippen molar-refractivity contribution in [2.75, 3.05) is 6.54 Å². The molecule has 2 nitrogen and oxygen atoms in total. The van der Waals surface area contributed by atoms with Crippen molar-refractivity contribution in [3.05, 3.63) is 0 Å². The molecule has 2 fully saturated rings. The highest BCUT2D eigenvalue weighted by Gasteiger charge is 2.52. The first kappa shape index (κ1) is 15.3. The second-order valence-electron chi connectivity index (χ2n) is 7.82. The molecule has 2 saturated carbocycles. The molecule has 0 heterocycles. The van der Waals surface area contributed by atoms with E-state index in [0.717, 1.165) is 31.6 Å². The zero-order valence-corrected chi connectivity index (χ0v) is 13.1. The van der Waals surface area contributed by atoms with Gasteiger partial charge in [-0.3, -0.25) is 0 Å². The van der Waals surface area contributed by atoms with Gasteiger partial charge < -0.3 is 10.8 Å².